The van der Waals surface area contributed by atoms with Crippen molar-refractivity contribution in [1.82, 2.24) is 0 Å². The van der Waals surface area contributed by atoms with E-state index in [1.54, 1.807) is 18.2 Å². The first kappa shape index (κ1) is 28.5. The third-order valence-electron chi connectivity index (χ3n) is 7.06. The summed E-state index contributed by atoms with van der Waals surface area (Å²) in [7, 11) is 1.52. The lowest BCUT2D eigenvalue weighted by molar-refractivity contribution is -0.330. The van der Waals surface area contributed by atoms with Crippen LogP contribution in [0.1, 0.15) is 55.4 Å². The molecular formula is C28H34ClNO8. The van der Waals surface area contributed by atoms with Crippen LogP contribution in [0.5, 0.6) is 0 Å². The maximum absolute atomic E-state index is 12.0. The minimum atomic E-state index is -1.77. The minimum Gasteiger partial charge on any atom is -0.462 e. The summed E-state index contributed by atoms with van der Waals surface area (Å²) >= 11 is 6.53. The molecule has 2 bridgehead atoms. The zero-order valence-corrected chi connectivity index (χ0v) is 22.5. The molecule has 2 heterocycles. The van der Waals surface area contributed by atoms with Crippen molar-refractivity contribution in [2.24, 2.45) is 5.16 Å². The maximum Gasteiger partial charge on any atom is 0.305 e. The Morgan fingerprint density at radius 1 is 1.13 bits per heavy atom. The fraction of sp³-hybridized carbons (Fsp3) is 0.500. The number of hydrogen-bond acceptors (Lipinski definition) is 9. The molecule has 0 spiro atoms. The van der Waals surface area contributed by atoms with Gasteiger partial charge in [0.05, 0.1) is 12.3 Å². The average Bonchev–Trinajstić information content (AvgIpc) is 3.30. The number of benzene rings is 2. The Balaban J connectivity index is 1.60. The van der Waals surface area contributed by atoms with E-state index in [1.165, 1.54) is 7.11 Å². The number of aliphatic hydroxyl groups excluding tert-OH is 3. The quantitative estimate of drug-likeness (QED) is 0.235. The van der Waals surface area contributed by atoms with Crippen LogP contribution >= 0.6 is 11.6 Å². The van der Waals surface area contributed by atoms with Gasteiger partial charge >= 0.3 is 5.97 Å². The molecule has 5 atom stereocenters. The van der Waals surface area contributed by atoms with E-state index in [-0.39, 0.29) is 19.6 Å². The SMILES string of the molecule is CCCC(=O)OC[C@@]12CO[C@@](c3ccc(Cl)c(Cc4ccc(/C(CC)=N/OC)cc4)c3)(O1)[C@H](O)[C@@H](O)[C@@H]2O. The summed E-state index contributed by atoms with van der Waals surface area (Å²) in [6.07, 6.45) is -2.69. The molecule has 2 aromatic carbocycles. The van der Waals surface area contributed by atoms with Crippen LogP contribution in [-0.4, -0.2) is 71.2 Å². The van der Waals surface area contributed by atoms with Gasteiger partial charge in [-0.15, -0.1) is 0 Å². The molecule has 2 fully saturated rings. The van der Waals surface area contributed by atoms with Gasteiger partial charge in [0, 0.05) is 17.0 Å². The second kappa shape index (κ2) is 11.7. The summed E-state index contributed by atoms with van der Waals surface area (Å²) in [5, 5.41) is 37.0. The first-order valence-corrected chi connectivity index (χ1v) is 13.1. The standard InChI is InChI=1S/C28H34ClNO8/c1-4-6-23(31)36-15-27-16-37-28(38-27,26(34)24(32)25(27)33)20-11-12-21(29)19(14-20)13-17-7-9-18(10-8-17)22(5-2)30-35-3/h7-12,14,24-26,32-34H,4-6,13,15-16H2,1-3H3/b30-22+/t24-,25-,26+,27-,28-/m0/s1. The highest BCUT2D eigenvalue weighted by Crippen LogP contribution is 2.50. The molecule has 4 rings (SSSR count). The minimum absolute atomic E-state index is 0.191. The highest BCUT2D eigenvalue weighted by molar-refractivity contribution is 6.31. The molecule has 3 N–H and O–H groups in total. The Labute approximate surface area is 226 Å². The number of halogens is 1. The highest BCUT2D eigenvalue weighted by atomic mass is 35.5. The summed E-state index contributed by atoms with van der Waals surface area (Å²) in [6, 6.07) is 13.0. The van der Waals surface area contributed by atoms with E-state index in [4.69, 9.17) is 30.6 Å². The number of carbonyl (C=O) groups excluding carboxylic acids is 1. The van der Waals surface area contributed by atoms with Crippen LogP contribution in [0.25, 0.3) is 0 Å². The van der Waals surface area contributed by atoms with Crippen LogP contribution in [-0.2, 0) is 36.1 Å². The van der Waals surface area contributed by atoms with E-state index in [9.17, 15) is 20.1 Å². The van der Waals surface area contributed by atoms with E-state index >= 15 is 0 Å². The second-order valence-electron chi connectivity index (χ2n) is 9.67. The van der Waals surface area contributed by atoms with Gasteiger partial charge in [-0.1, -0.05) is 60.9 Å². The summed E-state index contributed by atoms with van der Waals surface area (Å²) in [5.41, 5.74) is 2.43. The van der Waals surface area contributed by atoms with Crippen LogP contribution in [0.4, 0.5) is 0 Å². The number of oxime groups is 1. The fourth-order valence-corrected chi connectivity index (χ4v) is 5.12. The Morgan fingerprint density at radius 3 is 2.53 bits per heavy atom. The van der Waals surface area contributed by atoms with Gasteiger partial charge in [-0.05, 0) is 48.1 Å². The van der Waals surface area contributed by atoms with Crippen molar-refractivity contribution in [2.75, 3.05) is 20.3 Å². The molecule has 2 aliphatic heterocycles. The molecular weight excluding hydrogens is 514 g/mol. The van der Waals surface area contributed by atoms with E-state index in [1.807, 2.05) is 38.1 Å². The van der Waals surface area contributed by atoms with Crippen molar-refractivity contribution in [3.8, 4) is 0 Å². The molecule has 9 nitrogen and oxygen atoms in total. The first-order chi connectivity index (χ1) is 18.2. The Bertz CT molecular complexity index is 1170. The van der Waals surface area contributed by atoms with Gasteiger partial charge in [0.1, 0.15) is 32.0 Å². The van der Waals surface area contributed by atoms with Gasteiger partial charge in [-0.2, -0.15) is 0 Å². The third kappa shape index (κ3) is 5.32. The van der Waals surface area contributed by atoms with Crippen molar-refractivity contribution < 1.29 is 39.2 Å². The van der Waals surface area contributed by atoms with Gasteiger partial charge < -0.3 is 34.4 Å². The highest BCUT2D eigenvalue weighted by Gasteiger charge is 2.67. The molecule has 0 unspecified atom stereocenters. The van der Waals surface area contributed by atoms with Gasteiger partial charge in [-0.3, -0.25) is 4.79 Å². The molecule has 2 saturated heterocycles. The number of fused-ring (bicyclic) bond motifs is 2. The Kier molecular flexibility index (Phi) is 8.76. The predicted molar refractivity (Wildman–Crippen MR) is 140 cm³/mol. The number of hydrogen-bond donors (Lipinski definition) is 3. The van der Waals surface area contributed by atoms with E-state index < -0.39 is 35.7 Å². The van der Waals surface area contributed by atoms with Crippen molar-refractivity contribution in [3.63, 3.8) is 0 Å². The van der Waals surface area contributed by atoms with Crippen LogP contribution in [0.15, 0.2) is 47.6 Å². The van der Waals surface area contributed by atoms with Crippen LogP contribution < -0.4 is 0 Å². The van der Waals surface area contributed by atoms with Crippen molar-refractivity contribution in [2.45, 2.75) is 69.2 Å². The number of nitrogens with zero attached hydrogens (tertiary/aromatic N) is 1. The summed E-state index contributed by atoms with van der Waals surface area (Å²) in [6.45, 7) is 3.34. The molecule has 0 amide bonds. The van der Waals surface area contributed by atoms with Crippen LogP contribution in [0, 0.1) is 0 Å². The Morgan fingerprint density at radius 2 is 1.87 bits per heavy atom. The van der Waals surface area contributed by atoms with Crippen molar-refractivity contribution >= 4 is 23.3 Å². The molecule has 206 valence electrons. The molecule has 0 radical (unpaired) electrons. The summed E-state index contributed by atoms with van der Waals surface area (Å²) in [5.74, 6) is -2.22. The Hall–Kier alpha value is -2.53. The number of rotatable bonds is 10. The van der Waals surface area contributed by atoms with E-state index in [2.05, 4.69) is 5.16 Å². The number of aliphatic hydroxyl groups is 3. The lowest BCUT2D eigenvalue weighted by Crippen LogP contribution is -2.65. The summed E-state index contributed by atoms with van der Waals surface area (Å²) in [4.78, 5) is 16.9. The van der Waals surface area contributed by atoms with Crippen LogP contribution in [0.3, 0.4) is 0 Å². The summed E-state index contributed by atoms with van der Waals surface area (Å²) < 4.78 is 17.5. The molecule has 0 aliphatic carbocycles. The predicted octanol–water partition coefficient (Wildman–Crippen LogP) is 3.07. The second-order valence-corrected chi connectivity index (χ2v) is 10.1. The molecule has 2 aliphatic rings. The smallest absolute Gasteiger partial charge is 0.305 e. The number of carbonyl (C=O) groups is 1. The lowest BCUT2D eigenvalue weighted by atomic mass is 9.83. The zero-order valence-electron chi connectivity index (χ0n) is 21.7. The van der Waals surface area contributed by atoms with Gasteiger partial charge in [0.2, 0.25) is 5.79 Å². The van der Waals surface area contributed by atoms with Gasteiger partial charge in [-0.25, -0.2) is 0 Å². The largest absolute Gasteiger partial charge is 0.462 e. The lowest BCUT2D eigenvalue weighted by Gasteiger charge is -2.46. The maximum atomic E-state index is 12.0. The van der Waals surface area contributed by atoms with Crippen molar-refractivity contribution in [3.05, 3.63) is 69.7 Å². The van der Waals surface area contributed by atoms with E-state index in [0.29, 0.717) is 23.4 Å². The molecule has 10 heteroatoms. The number of esters is 1. The normalized spacial score (nSPS) is 28.8. The van der Waals surface area contributed by atoms with Crippen LogP contribution in [0.2, 0.25) is 5.02 Å². The first-order valence-electron chi connectivity index (χ1n) is 12.7. The van der Waals surface area contributed by atoms with Gasteiger partial charge in [0.15, 0.2) is 5.60 Å². The monoisotopic (exact) mass is 547 g/mol. The van der Waals surface area contributed by atoms with Gasteiger partial charge in [0.25, 0.3) is 0 Å². The van der Waals surface area contributed by atoms with E-state index in [0.717, 1.165) is 28.8 Å². The molecule has 2 aromatic rings. The molecule has 0 saturated carbocycles. The third-order valence-corrected chi connectivity index (χ3v) is 7.43. The zero-order chi connectivity index (χ0) is 27.5. The van der Waals surface area contributed by atoms with Crippen molar-refractivity contribution in [1.29, 1.82) is 0 Å². The fourth-order valence-electron chi connectivity index (χ4n) is 4.93. The number of ether oxygens (including phenoxy) is 3. The average molecular weight is 548 g/mol. The molecule has 38 heavy (non-hydrogen) atoms. The molecule has 0 aromatic heterocycles. The topological polar surface area (TPSA) is 127 Å².